The first-order valence-corrected chi connectivity index (χ1v) is 10.2. The molecule has 2 aromatic heterocycles. The molecular formula is C22H22N2O4S. The molecule has 0 atom stereocenters. The highest BCUT2D eigenvalue weighted by Crippen LogP contribution is 2.41. The van der Waals surface area contributed by atoms with Crippen molar-refractivity contribution in [2.75, 3.05) is 19.5 Å². The first kappa shape index (κ1) is 19.3. The average Bonchev–Trinajstić information content (AvgIpc) is 3.42. The summed E-state index contributed by atoms with van der Waals surface area (Å²) in [6.07, 6.45) is 4.61. The van der Waals surface area contributed by atoms with Crippen molar-refractivity contribution in [2.45, 2.75) is 26.2 Å². The summed E-state index contributed by atoms with van der Waals surface area (Å²) in [5.41, 5.74) is 2.33. The quantitative estimate of drug-likeness (QED) is 0.570. The van der Waals surface area contributed by atoms with Gasteiger partial charge in [-0.15, -0.1) is 11.3 Å². The first-order valence-electron chi connectivity index (χ1n) is 9.37. The number of aliphatic imine (C=N–C) groups is 1. The second kappa shape index (κ2) is 8.13. The van der Waals surface area contributed by atoms with Crippen molar-refractivity contribution in [3.63, 3.8) is 0 Å². The van der Waals surface area contributed by atoms with Crippen molar-refractivity contribution in [1.82, 2.24) is 0 Å². The molecule has 0 fully saturated rings. The van der Waals surface area contributed by atoms with E-state index in [1.807, 2.05) is 19.1 Å². The number of thiophene rings is 1. The Morgan fingerprint density at radius 3 is 2.79 bits per heavy atom. The molecule has 0 aliphatic heterocycles. The maximum atomic E-state index is 13.2. The van der Waals surface area contributed by atoms with Crippen LogP contribution in [0.15, 0.2) is 39.7 Å². The number of benzene rings is 1. The molecule has 0 unspecified atom stereocenters. The molecular weight excluding hydrogens is 388 g/mol. The summed E-state index contributed by atoms with van der Waals surface area (Å²) in [5.74, 6) is 2.51. The van der Waals surface area contributed by atoms with Crippen LogP contribution in [0, 0.1) is 6.92 Å². The van der Waals surface area contributed by atoms with Crippen molar-refractivity contribution in [3.05, 3.63) is 57.9 Å². The van der Waals surface area contributed by atoms with Gasteiger partial charge in [-0.2, -0.15) is 0 Å². The van der Waals surface area contributed by atoms with Crippen molar-refractivity contribution in [1.29, 1.82) is 0 Å². The number of furan rings is 1. The standard InChI is InChI=1S/C22H22N2O4S/c1-13-7-8-15(28-13)12-23-22-20(16-5-4-6-19(16)29-22)21(25)24-17-10-9-14(26-2)11-18(17)27-3/h7-12H,4-6H2,1-3H3,(H,24,25). The Morgan fingerprint density at radius 2 is 2.07 bits per heavy atom. The van der Waals surface area contributed by atoms with E-state index in [2.05, 4.69) is 10.3 Å². The number of carbonyl (C=O) groups is 1. The number of carbonyl (C=O) groups excluding carboxylic acids is 1. The third-order valence-electron chi connectivity index (χ3n) is 4.86. The number of hydrogen-bond acceptors (Lipinski definition) is 6. The molecule has 6 nitrogen and oxygen atoms in total. The third-order valence-corrected chi connectivity index (χ3v) is 6.06. The van der Waals surface area contributed by atoms with Crippen LogP contribution in [0.3, 0.4) is 0 Å². The molecule has 1 aliphatic carbocycles. The van der Waals surface area contributed by atoms with Crippen LogP contribution >= 0.6 is 11.3 Å². The molecule has 3 aromatic rings. The van der Waals surface area contributed by atoms with E-state index in [0.29, 0.717) is 33.5 Å². The lowest BCUT2D eigenvalue weighted by Gasteiger charge is -2.12. The Morgan fingerprint density at radius 1 is 1.21 bits per heavy atom. The molecule has 4 rings (SSSR count). The molecule has 0 radical (unpaired) electrons. The predicted molar refractivity (Wildman–Crippen MR) is 115 cm³/mol. The maximum Gasteiger partial charge on any atom is 0.259 e. The molecule has 1 aliphatic rings. The van der Waals surface area contributed by atoms with Gasteiger partial charge in [0.25, 0.3) is 5.91 Å². The van der Waals surface area contributed by atoms with Crippen LogP contribution in [0.2, 0.25) is 0 Å². The predicted octanol–water partition coefficient (Wildman–Crippen LogP) is 5.16. The van der Waals surface area contributed by atoms with Crippen LogP contribution in [0.4, 0.5) is 10.7 Å². The van der Waals surface area contributed by atoms with Crippen LogP contribution in [0.5, 0.6) is 11.5 Å². The second-order valence-electron chi connectivity index (χ2n) is 6.76. The molecule has 7 heteroatoms. The van der Waals surface area contributed by atoms with Gasteiger partial charge in [0.05, 0.1) is 31.7 Å². The number of aryl methyl sites for hydroxylation is 2. The lowest BCUT2D eigenvalue weighted by atomic mass is 10.1. The average molecular weight is 410 g/mol. The first-order chi connectivity index (χ1) is 14.1. The van der Waals surface area contributed by atoms with Crippen molar-refractivity contribution >= 4 is 34.1 Å². The van der Waals surface area contributed by atoms with Crippen molar-refractivity contribution in [3.8, 4) is 11.5 Å². The molecule has 1 aromatic carbocycles. The zero-order valence-corrected chi connectivity index (χ0v) is 17.4. The van der Waals surface area contributed by atoms with Gasteiger partial charge in [0.2, 0.25) is 0 Å². The second-order valence-corrected chi connectivity index (χ2v) is 7.85. The minimum absolute atomic E-state index is 0.185. The van der Waals surface area contributed by atoms with Crippen LogP contribution < -0.4 is 14.8 Å². The van der Waals surface area contributed by atoms with E-state index in [1.165, 1.54) is 4.88 Å². The van der Waals surface area contributed by atoms with Gasteiger partial charge in [-0.05, 0) is 56.0 Å². The number of nitrogens with one attached hydrogen (secondary N) is 1. The largest absolute Gasteiger partial charge is 0.497 e. The van der Waals surface area contributed by atoms with Gasteiger partial charge in [-0.25, -0.2) is 4.99 Å². The fourth-order valence-electron chi connectivity index (χ4n) is 3.45. The summed E-state index contributed by atoms with van der Waals surface area (Å²) in [6.45, 7) is 1.89. The number of methoxy groups -OCH3 is 2. The molecule has 0 saturated heterocycles. The molecule has 150 valence electrons. The number of anilines is 1. The molecule has 0 bridgehead atoms. The SMILES string of the molecule is COc1ccc(NC(=O)c2c(N=Cc3ccc(C)o3)sc3c2CCC3)c(OC)c1. The lowest BCUT2D eigenvalue weighted by Crippen LogP contribution is -2.14. The summed E-state index contributed by atoms with van der Waals surface area (Å²) in [4.78, 5) is 19.0. The van der Waals surface area contributed by atoms with E-state index in [0.717, 1.165) is 30.6 Å². The van der Waals surface area contributed by atoms with Gasteiger partial charge in [-0.1, -0.05) is 0 Å². The monoisotopic (exact) mass is 410 g/mol. The number of amides is 1. The van der Waals surface area contributed by atoms with Gasteiger partial charge >= 0.3 is 0 Å². The summed E-state index contributed by atoms with van der Waals surface area (Å²) in [6, 6.07) is 9.05. The molecule has 1 N–H and O–H groups in total. The van der Waals surface area contributed by atoms with E-state index >= 15 is 0 Å². The summed E-state index contributed by atoms with van der Waals surface area (Å²) in [7, 11) is 3.15. The fraction of sp³-hybridized carbons (Fsp3) is 0.273. The zero-order chi connectivity index (χ0) is 20.4. The molecule has 2 heterocycles. The molecule has 0 saturated carbocycles. The van der Waals surface area contributed by atoms with E-state index in [1.54, 1.807) is 50.0 Å². The van der Waals surface area contributed by atoms with Crippen molar-refractivity contribution in [2.24, 2.45) is 4.99 Å². The Bertz CT molecular complexity index is 1080. The molecule has 29 heavy (non-hydrogen) atoms. The minimum atomic E-state index is -0.185. The van der Waals surface area contributed by atoms with Crippen LogP contribution in [-0.2, 0) is 12.8 Å². The van der Waals surface area contributed by atoms with E-state index < -0.39 is 0 Å². The van der Waals surface area contributed by atoms with Crippen LogP contribution in [0.25, 0.3) is 0 Å². The Hall–Kier alpha value is -3.06. The Kier molecular flexibility index (Phi) is 5.40. The highest BCUT2D eigenvalue weighted by Gasteiger charge is 2.27. The lowest BCUT2D eigenvalue weighted by molar-refractivity contribution is 0.102. The van der Waals surface area contributed by atoms with Crippen LogP contribution in [-0.4, -0.2) is 26.3 Å². The summed E-state index contributed by atoms with van der Waals surface area (Å²) >= 11 is 1.58. The Labute approximate surface area is 173 Å². The van der Waals surface area contributed by atoms with E-state index in [9.17, 15) is 4.79 Å². The molecule has 1 amide bonds. The number of rotatable bonds is 6. The van der Waals surface area contributed by atoms with Crippen molar-refractivity contribution < 1.29 is 18.7 Å². The fourth-order valence-corrected chi connectivity index (χ4v) is 4.68. The van der Waals surface area contributed by atoms with Crippen LogP contribution in [0.1, 0.15) is 38.7 Å². The normalized spacial score (nSPS) is 12.9. The number of nitrogens with zero attached hydrogens (tertiary/aromatic N) is 1. The van der Waals surface area contributed by atoms with Gasteiger partial charge in [0.1, 0.15) is 28.0 Å². The highest BCUT2D eigenvalue weighted by atomic mass is 32.1. The zero-order valence-electron chi connectivity index (χ0n) is 16.6. The smallest absolute Gasteiger partial charge is 0.259 e. The summed E-state index contributed by atoms with van der Waals surface area (Å²) < 4.78 is 16.2. The third kappa shape index (κ3) is 3.91. The van der Waals surface area contributed by atoms with Gasteiger partial charge in [0.15, 0.2) is 0 Å². The number of fused-ring (bicyclic) bond motifs is 1. The summed E-state index contributed by atoms with van der Waals surface area (Å²) in [5, 5.41) is 3.68. The van der Waals surface area contributed by atoms with Gasteiger partial charge in [-0.3, -0.25) is 4.79 Å². The minimum Gasteiger partial charge on any atom is -0.497 e. The number of hydrogen-bond donors (Lipinski definition) is 1. The molecule has 0 spiro atoms. The maximum absolute atomic E-state index is 13.2. The van der Waals surface area contributed by atoms with E-state index in [-0.39, 0.29) is 5.91 Å². The highest BCUT2D eigenvalue weighted by molar-refractivity contribution is 7.16. The topological polar surface area (TPSA) is 73.1 Å². The van der Waals surface area contributed by atoms with Gasteiger partial charge in [0, 0.05) is 10.9 Å². The number of ether oxygens (including phenoxy) is 2. The van der Waals surface area contributed by atoms with Gasteiger partial charge < -0.3 is 19.2 Å². The Balaban J connectivity index is 1.65. The van der Waals surface area contributed by atoms with E-state index in [4.69, 9.17) is 13.9 Å².